The van der Waals surface area contributed by atoms with Gasteiger partial charge in [-0.3, -0.25) is 0 Å². The number of hydrogen-bond donors (Lipinski definition) is 0. The van der Waals surface area contributed by atoms with E-state index in [0.717, 1.165) is 24.5 Å². The molecule has 0 aliphatic heterocycles. The molecule has 0 radical (unpaired) electrons. The number of hydrogen-bond acceptors (Lipinski definition) is 11. The van der Waals surface area contributed by atoms with Crippen LogP contribution in [0.5, 0.6) is 0 Å². The van der Waals surface area contributed by atoms with Gasteiger partial charge in [-0.1, -0.05) is 25.4 Å². The third-order valence-electron chi connectivity index (χ3n) is 8.55. The molecule has 0 bridgehead atoms. The molecular weight excluding hydrogens is 818 g/mol. The summed E-state index contributed by atoms with van der Waals surface area (Å²) in [6.07, 6.45) is -2.98. The highest BCUT2D eigenvalue weighted by Crippen LogP contribution is 2.35. The van der Waals surface area contributed by atoms with E-state index in [-0.39, 0.29) is 67.1 Å². The van der Waals surface area contributed by atoms with Crippen molar-refractivity contribution in [3.8, 4) is 29.0 Å². The highest BCUT2D eigenvalue weighted by molar-refractivity contribution is 7.91. The maximum absolute atomic E-state index is 13.0. The molecule has 298 valence electrons. The minimum atomic E-state index is -4.64. The van der Waals surface area contributed by atoms with Crippen LogP contribution in [0.25, 0.3) is 51.1 Å². The average Bonchev–Trinajstić information content (AvgIpc) is 3.94. The van der Waals surface area contributed by atoms with E-state index in [1.165, 1.54) is 69.6 Å². The predicted octanol–water partition coefficient (Wildman–Crippen LogP) is 5.20. The van der Waals surface area contributed by atoms with Crippen LogP contribution in [0.15, 0.2) is 53.3 Å². The van der Waals surface area contributed by atoms with Crippen molar-refractivity contribution in [2.75, 3.05) is 11.5 Å². The lowest BCUT2D eigenvalue weighted by molar-refractivity contribution is -0.141. The lowest BCUT2D eigenvalue weighted by Crippen LogP contribution is -2.13. The van der Waals surface area contributed by atoms with Crippen molar-refractivity contribution in [2.24, 2.45) is 28.2 Å². The first kappa shape index (κ1) is 40.3. The van der Waals surface area contributed by atoms with Gasteiger partial charge in [-0.05, 0) is 12.1 Å². The fourth-order valence-electron chi connectivity index (χ4n) is 5.71. The molecule has 0 spiro atoms. The third kappa shape index (κ3) is 7.11. The summed E-state index contributed by atoms with van der Waals surface area (Å²) in [7, 11) is -1.26. The molecular formula is C31H29ClF6N12O4S2. The zero-order valence-corrected chi connectivity index (χ0v) is 32.3. The van der Waals surface area contributed by atoms with Gasteiger partial charge in [-0.25, -0.2) is 51.4 Å². The number of sulfone groups is 2. The van der Waals surface area contributed by atoms with Gasteiger partial charge in [-0.15, -0.1) is 0 Å². The summed E-state index contributed by atoms with van der Waals surface area (Å²) in [5.41, 5.74) is -1.38. The number of fused-ring (bicyclic) bond motifs is 2. The summed E-state index contributed by atoms with van der Waals surface area (Å²) in [5.74, 6) is 0.0216. The van der Waals surface area contributed by atoms with E-state index in [0.29, 0.717) is 10.5 Å². The molecule has 0 amide bonds. The minimum absolute atomic E-state index is 0.00834. The molecule has 0 unspecified atom stereocenters. The topological polar surface area (TPSA) is 183 Å². The van der Waals surface area contributed by atoms with Gasteiger partial charge in [0.1, 0.15) is 22.8 Å². The van der Waals surface area contributed by atoms with E-state index < -0.39 is 43.4 Å². The summed E-state index contributed by atoms with van der Waals surface area (Å²) in [6.45, 7) is 2.98. The van der Waals surface area contributed by atoms with Gasteiger partial charge < -0.3 is 18.3 Å². The van der Waals surface area contributed by atoms with E-state index in [2.05, 4.69) is 35.0 Å². The fraction of sp³-hybridized carbons (Fsp3) is 0.323. The summed E-state index contributed by atoms with van der Waals surface area (Å²) in [4.78, 5) is 23.8. The first-order valence-corrected chi connectivity index (χ1v) is 19.7. The standard InChI is InChI=1S/C17H15ClF3N7O2S.C14H14F3N5O2S/c1-4-31(29,30)15-13(25-16(27(15)3)28-8-9(18)6-23-28)14-24-10-5-12(17(19,20)21)22-7-11(10)26(14)2;1-4-25(23,24)13-11(19-7-21(13)2)12-20-8-5-10(14(15,16)17)18-6-9(8)22(12)3/h5-8H,4H2,1-3H3;5-7H,4H2,1-3H3. The van der Waals surface area contributed by atoms with Crippen LogP contribution in [-0.4, -0.2) is 86.3 Å². The number of rotatable bonds is 7. The second kappa shape index (κ2) is 14.0. The van der Waals surface area contributed by atoms with Crippen LogP contribution < -0.4 is 0 Å². The molecule has 0 N–H and O–H groups in total. The highest BCUT2D eigenvalue weighted by Gasteiger charge is 2.35. The van der Waals surface area contributed by atoms with Gasteiger partial charge in [0.25, 0.3) is 0 Å². The van der Waals surface area contributed by atoms with E-state index >= 15 is 0 Å². The summed E-state index contributed by atoms with van der Waals surface area (Å²) < 4.78 is 135. The molecule has 0 saturated carbocycles. The Hall–Kier alpha value is -5.36. The minimum Gasteiger partial charge on any atom is -0.324 e. The quantitative estimate of drug-likeness (QED) is 0.192. The maximum atomic E-state index is 13.0. The molecule has 7 aromatic rings. The zero-order chi connectivity index (χ0) is 41.3. The SMILES string of the molecule is CCS(=O)(=O)c1c(-c2nc3cc(C(F)(F)F)ncc3n2C)nc(-n2cc(Cl)cn2)n1C.CCS(=O)(=O)c1c(-c2nc3cc(C(F)(F)F)ncc3n2C)ncn1C. The molecule has 0 atom stereocenters. The number of aryl methyl sites for hydroxylation is 3. The Bertz CT molecular complexity index is 2870. The monoisotopic (exact) mass is 846 g/mol. The smallest absolute Gasteiger partial charge is 0.324 e. The van der Waals surface area contributed by atoms with Crippen molar-refractivity contribution in [1.29, 1.82) is 0 Å². The molecule has 0 aliphatic rings. The van der Waals surface area contributed by atoms with Gasteiger partial charge in [-0.2, -0.15) is 31.4 Å². The Morgan fingerprint density at radius 2 is 1.14 bits per heavy atom. The van der Waals surface area contributed by atoms with Crippen LogP contribution in [0.4, 0.5) is 26.3 Å². The second-order valence-electron chi connectivity index (χ2n) is 12.1. The Balaban J connectivity index is 0.000000194. The lowest BCUT2D eigenvalue weighted by atomic mass is 10.3. The Morgan fingerprint density at radius 3 is 1.59 bits per heavy atom. The van der Waals surface area contributed by atoms with Gasteiger partial charge in [0.15, 0.2) is 41.4 Å². The summed E-state index contributed by atoms with van der Waals surface area (Å²) in [6, 6.07) is 1.64. The third-order valence-corrected chi connectivity index (χ3v) is 12.4. The molecule has 0 aliphatic carbocycles. The molecule has 0 saturated heterocycles. The van der Waals surface area contributed by atoms with Crippen molar-refractivity contribution in [3.05, 3.63) is 59.7 Å². The van der Waals surface area contributed by atoms with Crippen LogP contribution in [0.3, 0.4) is 0 Å². The van der Waals surface area contributed by atoms with E-state index in [9.17, 15) is 43.2 Å². The Labute approximate surface area is 318 Å². The van der Waals surface area contributed by atoms with Gasteiger partial charge >= 0.3 is 12.4 Å². The van der Waals surface area contributed by atoms with Crippen molar-refractivity contribution in [1.82, 2.24) is 58.0 Å². The van der Waals surface area contributed by atoms with Crippen molar-refractivity contribution >= 4 is 53.3 Å². The predicted molar refractivity (Wildman–Crippen MR) is 189 cm³/mol. The Morgan fingerprint density at radius 1 is 0.661 bits per heavy atom. The maximum Gasteiger partial charge on any atom is 0.433 e. The molecule has 7 heterocycles. The lowest BCUT2D eigenvalue weighted by Gasteiger charge is -2.07. The van der Waals surface area contributed by atoms with E-state index in [4.69, 9.17) is 11.6 Å². The van der Waals surface area contributed by atoms with E-state index in [1.807, 2.05) is 0 Å². The van der Waals surface area contributed by atoms with Crippen LogP contribution >= 0.6 is 11.6 Å². The van der Waals surface area contributed by atoms with Crippen molar-refractivity contribution in [2.45, 2.75) is 36.3 Å². The first-order valence-electron chi connectivity index (χ1n) is 16.0. The van der Waals surface area contributed by atoms with Gasteiger partial charge in [0.2, 0.25) is 5.95 Å². The number of halogens is 7. The highest BCUT2D eigenvalue weighted by atomic mass is 35.5. The molecule has 25 heteroatoms. The molecule has 0 fully saturated rings. The largest absolute Gasteiger partial charge is 0.433 e. The molecule has 56 heavy (non-hydrogen) atoms. The summed E-state index contributed by atoms with van der Waals surface area (Å²) >= 11 is 5.92. The number of imidazole rings is 4. The first-order chi connectivity index (χ1) is 26.0. The van der Waals surface area contributed by atoms with Crippen molar-refractivity contribution < 1.29 is 43.2 Å². The normalized spacial score (nSPS) is 12.8. The van der Waals surface area contributed by atoms with Crippen LogP contribution in [0.1, 0.15) is 25.2 Å². The molecule has 0 aromatic carbocycles. The molecule has 16 nitrogen and oxygen atoms in total. The number of alkyl halides is 6. The number of aromatic nitrogens is 12. The average molecular weight is 847 g/mol. The number of nitrogens with zero attached hydrogens (tertiary/aromatic N) is 12. The van der Waals surface area contributed by atoms with Crippen LogP contribution in [0.2, 0.25) is 5.02 Å². The van der Waals surface area contributed by atoms with Crippen molar-refractivity contribution in [3.63, 3.8) is 0 Å². The van der Waals surface area contributed by atoms with Gasteiger partial charge in [0, 0.05) is 28.2 Å². The fourth-order valence-corrected chi connectivity index (χ4v) is 8.25. The zero-order valence-electron chi connectivity index (χ0n) is 29.9. The van der Waals surface area contributed by atoms with Crippen LogP contribution in [0, 0.1) is 0 Å². The number of pyridine rings is 2. The van der Waals surface area contributed by atoms with E-state index in [1.54, 1.807) is 14.1 Å². The Kier molecular flexibility index (Phi) is 10.1. The molecule has 7 rings (SSSR count). The van der Waals surface area contributed by atoms with Crippen LogP contribution in [-0.2, 0) is 60.2 Å². The molecule has 7 aromatic heterocycles. The summed E-state index contributed by atoms with van der Waals surface area (Å²) in [5, 5.41) is 4.20. The second-order valence-corrected chi connectivity index (χ2v) is 17.0. The van der Waals surface area contributed by atoms with Gasteiger partial charge in [0.05, 0.1) is 69.7 Å².